The third-order valence-corrected chi connectivity index (χ3v) is 2.86. The van der Waals surface area contributed by atoms with Crippen molar-refractivity contribution in [1.29, 1.82) is 0 Å². The summed E-state index contributed by atoms with van der Waals surface area (Å²) >= 11 is 0. The van der Waals surface area contributed by atoms with Crippen LogP contribution in [0.4, 0.5) is 0 Å². The average Bonchev–Trinajstić information content (AvgIpc) is 2.70. The summed E-state index contributed by atoms with van der Waals surface area (Å²) in [4.78, 5) is 4.47. The van der Waals surface area contributed by atoms with Gasteiger partial charge in [0.2, 0.25) is 0 Å². The van der Waals surface area contributed by atoms with Crippen molar-refractivity contribution in [2.75, 3.05) is 0 Å². The molecule has 0 amide bonds. The van der Waals surface area contributed by atoms with E-state index in [1.165, 1.54) is 16.7 Å². The van der Waals surface area contributed by atoms with Gasteiger partial charge in [-0.15, -0.1) is 0 Å². The zero-order chi connectivity index (χ0) is 11.7. The molecule has 1 heterocycles. The number of nitrogens with zero attached hydrogens (tertiary/aromatic N) is 2. The number of hydrogen-bond acceptors (Lipinski definition) is 1. The molecule has 0 aliphatic carbocycles. The second-order valence-corrected chi connectivity index (χ2v) is 4.57. The fourth-order valence-corrected chi connectivity index (χ4v) is 1.92. The van der Waals surface area contributed by atoms with Crippen molar-refractivity contribution in [2.45, 2.75) is 33.7 Å². The van der Waals surface area contributed by atoms with Crippen molar-refractivity contribution in [1.82, 2.24) is 9.55 Å². The standard InChI is InChI=1S/C14H18N2/c1-10(2)16-8-7-15-14(16)13-9-11(3)5-6-12(13)4/h5-10H,1-4H3. The van der Waals surface area contributed by atoms with Crippen molar-refractivity contribution in [2.24, 2.45) is 0 Å². The first-order valence-electron chi connectivity index (χ1n) is 5.70. The van der Waals surface area contributed by atoms with Gasteiger partial charge in [-0.1, -0.05) is 17.7 Å². The number of aryl methyl sites for hydroxylation is 2. The van der Waals surface area contributed by atoms with E-state index >= 15 is 0 Å². The average molecular weight is 214 g/mol. The van der Waals surface area contributed by atoms with Crippen LogP contribution in [-0.4, -0.2) is 9.55 Å². The van der Waals surface area contributed by atoms with E-state index in [1.54, 1.807) is 0 Å². The molecule has 2 aromatic rings. The van der Waals surface area contributed by atoms with Gasteiger partial charge in [-0.2, -0.15) is 0 Å². The zero-order valence-electron chi connectivity index (χ0n) is 10.4. The van der Waals surface area contributed by atoms with E-state index < -0.39 is 0 Å². The lowest BCUT2D eigenvalue weighted by Gasteiger charge is -2.13. The van der Waals surface area contributed by atoms with E-state index in [0.29, 0.717) is 6.04 Å². The number of imidazole rings is 1. The molecule has 16 heavy (non-hydrogen) atoms. The first kappa shape index (κ1) is 10.9. The highest BCUT2D eigenvalue weighted by Crippen LogP contribution is 2.25. The van der Waals surface area contributed by atoms with E-state index in [1.807, 2.05) is 12.4 Å². The maximum absolute atomic E-state index is 4.47. The zero-order valence-corrected chi connectivity index (χ0v) is 10.4. The van der Waals surface area contributed by atoms with Gasteiger partial charge in [0.25, 0.3) is 0 Å². The van der Waals surface area contributed by atoms with Gasteiger partial charge in [0.05, 0.1) is 0 Å². The molecule has 1 aromatic heterocycles. The van der Waals surface area contributed by atoms with Crippen molar-refractivity contribution >= 4 is 0 Å². The molecule has 0 N–H and O–H groups in total. The highest BCUT2D eigenvalue weighted by atomic mass is 15.1. The molecule has 2 heteroatoms. The van der Waals surface area contributed by atoms with Crippen LogP contribution in [0.5, 0.6) is 0 Å². The Kier molecular flexibility index (Phi) is 2.82. The Morgan fingerprint density at radius 1 is 1.19 bits per heavy atom. The highest BCUT2D eigenvalue weighted by molar-refractivity contribution is 5.61. The monoisotopic (exact) mass is 214 g/mol. The predicted molar refractivity (Wildman–Crippen MR) is 67.5 cm³/mol. The summed E-state index contributed by atoms with van der Waals surface area (Å²) in [5, 5.41) is 0. The fourth-order valence-electron chi connectivity index (χ4n) is 1.92. The van der Waals surface area contributed by atoms with Crippen LogP contribution in [-0.2, 0) is 0 Å². The molecule has 0 aliphatic heterocycles. The van der Waals surface area contributed by atoms with Crippen LogP contribution in [0.3, 0.4) is 0 Å². The first-order chi connectivity index (χ1) is 7.59. The summed E-state index contributed by atoms with van der Waals surface area (Å²) in [5.74, 6) is 1.07. The van der Waals surface area contributed by atoms with E-state index in [4.69, 9.17) is 0 Å². The number of hydrogen-bond donors (Lipinski definition) is 0. The van der Waals surface area contributed by atoms with Crippen LogP contribution >= 0.6 is 0 Å². The van der Waals surface area contributed by atoms with E-state index in [2.05, 4.69) is 55.4 Å². The van der Waals surface area contributed by atoms with Crippen molar-refractivity contribution < 1.29 is 0 Å². The van der Waals surface area contributed by atoms with Crippen LogP contribution in [0.15, 0.2) is 30.6 Å². The first-order valence-corrected chi connectivity index (χ1v) is 5.70. The fraction of sp³-hybridized carbons (Fsp3) is 0.357. The Bertz CT molecular complexity index is 495. The third kappa shape index (κ3) is 1.87. The Morgan fingerprint density at radius 3 is 2.62 bits per heavy atom. The number of benzene rings is 1. The Labute approximate surface area is 97.0 Å². The topological polar surface area (TPSA) is 17.8 Å². The molecule has 0 fully saturated rings. The van der Waals surface area contributed by atoms with Gasteiger partial charge in [-0.3, -0.25) is 0 Å². The van der Waals surface area contributed by atoms with Gasteiger partial charge in [0, 0.05) is 24.0 Å². The summed E-state index contributed by atoms with van der Waals surface area (Å²) < 4.78 is 2.21. The summed E-state index contributed by atoms with van der Waals surface area (Å²) in [6.45, 7) is 8.60. The van der Waals surface area contributed by atoms with Gasteiger partial charge in [0.15, 0.2) is 0 Å². The Hall–Kier alpha value is -1.57. The molecule has 84 valence electrons. The van der Waals surface area contributed by atoms with E-state index in [9.17, 15) is 0 Å². The molecule has 2 nitrogen and oxygen atoms in total. The van der Waals surface area contributed by atoms with Crippen LogP contribution in [0.1, 0.15) is 31.0 Å². The molecule has 0 atom stereocenters. The molecule has 0 spiro atoms. The lowest BCUT2D eigenvalue weighted by molar-refractivity contribution is 0.606. The maximum atomic E-state index is 4.47. The lowest BCUT2D eigenvalue weighted by atomic mass is 10.0. The molecular weight excluding hydrogens is 196 g/mol. The van der Waals surface area contributed by atoms with E-state index in [0.717, 1.165) is 5.82 Å². The smallest absolute Gasteiger partial charge is 0.140 e. The largest absolute Gasteiger partial charge is 0.328 e. The second kappa shape index (κ2) is 4.12. The normalized spacial score (nSPS) is 11.1. The van der Waals surface area contributed by atoms with Crippen LogP contribution in [0, 0.1) is 13.8 Å². The second-order valence-electron chi connectivity index (χ2n) is 4.57. The Morgan fingerprint density at radius 2 is 1.94 bits per heavy atom. The van der Waals surface area contributed by atoms with Gasteiger partial charge >= 0.3 is 0 Å². The summed E-state index contributed by atoms with van der Waals surface area (Å²) in [6, 6.07) is 6.94. The van der Waals surface area contributed by atoms with Crippen molar-refractivity contribution in [3.05, 3.63) is 41.7 Å². The minimum Gasteiger partial charge on any atom is -0.328 e. The summed E-state index contributed by atoms with van der Waals surface area (Å²) in [5.41, 5.74) is 3.79. The van der Waals surface area contributed by atoms with Gasteiger partial charge in [-0.25, -0.2) is 4.98 Å². The van der Waals surface area contributed by atoms with Crippen molar-refractivity contribution in [3.63, 3.8) is 0 Å². The van der Waals surface area contributed by atoms with Gasteiger partial charge in [-0.05, 0) is 39.3 Å². The maximum Gasteiger partial charge on any atom is 0.140 e. The SMILES string of the molecule is Cc1ccc(C)c(-c2nccn2C(C)C)c1. The molecule has 1 aromatic carbocycles. The van der Waals surface area contributed by atoms with E-state index in [-0.39, 0.29) is 0 Å². The minimum absolute atomic E-state index is 0.442. The predicted octanol–water partition coefficient (Wildman–Crippen LogP) is 3.75. The summed E-state index contributed by atoms with van der Waals surface area (Å²) in [6.07, 6.45) is 3.92. The lowest BCUT2D eigenvalue weighted by Crippen LogP contribution is -2.02. The minimum atomic E-state index is 0.442. The molecule has 0 aliphatic rings. The number of aromatic nitrogens is 2. The quantitative estimate of drug-likeness (QED) is 0.744. The molecule has 0 bridgehead atoms. The molecule has 2 rings (SSSR count). The summed E-state index contributed by atoms with van der Waals surface area (Å²) in [7, 11) is 0. The number of rotatable bonds is 2. The van der Waals surface area contributed by atoms with Crippen LogP contribution < -0.4 is 0 Å². The highest BCUT2D eigenvalue weighted by Gasteiger charge is 2.10. The molecular formula is C14H18N2. The third-order valence-electron chi connectivity index (χ3n) is 2.86. The molecule has 0 unspecified atom stereocenters. The molecule has 0 saturated heterocycles. The van der Waals surface area contributed by atoms with Gasteiger partial charge < -0.3 is 4.57 Å². The molecule has 0 radical (unpaired) electrons. The van der Waals surface area contributed by atoms with Crippen LogP contribution in [0.25, 0.3) is 11.4 Å². The van der Waals surface area contributed by atoms with Crippen LogP contribution in [0.2, 0.25) is 0 Å². The van der Waals surface area contributed by atoms with Gasteiger partial charge in [0.1, 0.15) is 5.82 Å². The molecule has 0 saturated carbocycles. The Balaban J connectivity index is 2.58. The van der Waals surface area contributed by atoms with Crippen molar-refractivity contribution in [3.8, 4) is 11.4 Å².